The van der Waals surface area contributed by atoms with Crippen LogP contribution in [0.5, 0.6) is 0 Å². The molecule has 1 saturated heterocycles. The van der Waals surface area contributed by atoms with Gasteiger partial charge in [0.2, 0.25) is 5.91 Å². The quantitative estimate of drug-likeness (QED) is 0.580. The molecule has 1 aliphatic heterocycles. The molecule has 3 aliphatic rings. The molecule has 1 aromatic rings. The van der Waals surface area contributed by atoms with Gasteiger partial charge < -0.3 is 20.1 Å². The molecule has 32 heavy (non-hydrogen) atoms. The molecule has 2 amide bonds. The summed E-state index contributed by atoms with van der Waals surface area (Å²) in [6.07, 6.45) is 2.07. The molecule has 8 nitrogen and oxygen atoms in total. The van der Waals surface area contributed by atoms with Crippen LogP contribution in [-0.2, 0) is 16.0 Å². The number of benzene rings is 1. The number of hydrogen-bond donors (Lipinski definition) is 3. The normalized spacial score (nSPS) is 28.5. The molecular weight excluding hydrogens is 416 g/mol. The molecule has 170 valence electrons. The van der Waals surface area contributed by atoms with Crippen molar-refractivity contribution >= 4 is 24.6 Å². The molecule has 1 spiro atoms. The highest BCUT2D eigenvalue weighted by molar-refractivity contribution is 6.58. The van der Waals surface area contributed by atoms with Gasteiger partial charge in [-0.1, -0.05) is 12.1 Å². The number of nitrogens with one attached hydrogen (secondary N) is 1. The summed E-state index contributed by atoms with van der Waals surface area (Å²) in [6.45, 7) is 5.32. The topological polar surface area (TPSA) is 123 Å². The van der Waals surface area contributed by atoms with E-state index in [1.165, 1.54) is 12.1 Å². The highest BCUT2D eigenvalue weighted by Crippen LogP contribution is 2.73. The van der Waals surface area contributed by atoms with Crippen molar-refractivity contribution in [3.05, 3.63) is 29.6 Å². The second-order valence-electron chi connectivity index (χ2n) is 10.0. The molecule has 1 unspecified atom stereocenters. The summed E-state index contributed by atoms with van der Waals surface area (Å²) in [4.78, 5) is 27.6. The number of nitriles is 1. The van der Waals surface area contributed by atoms with E-state index in [1.807, 2.05) is 6.07 Å². The van der Waals surface area contributed by atoms with Gasteiger partial charge in [0.25, 0.3) is 0 Å². The lowest BCUT2D eigenvalue weighted by atomic mass is 9.76. The van der Waals surface area contributed by atoms with E-state index in [0.717, 1.165) is 25.3 Å². The Kier molecular flexibility index (Phi) is 5.46. The van der Waals surface area contributed by atoms with E-state index in [4.69, 9.17) is 14.8 Å². The number of halogens is 1. The third-order valence-corrected chi connectivity index (χ3v) is 6.89. The van der Waals surface area contributed by atoms with Gasteiger partial charge in [-0.3, -0.25) is 9.69 Å². The average molecular weight is 443 g/mol. The SMILES string of the molecule is CC(C)(C)OC(=O)N1[C@H](C(=O)N[C@H](C#N)Cc2ccc(B(O)O)cc2F)[C@@H]2CC23CC[C@@H]13. The van der Waals surface area contributed by atoms with Crippen molar-refractivity contribution < 1.29 is 28.8 Å². The van der Waals surface area contributed by atoms with Gasteiger partial charge in [-0.2, -0.15) is 5.26 Å². The summed E-state index contributed by atoms with van der Waals surface area (Å²) >= 11 is 0. The molecule has 1 heterocycles. The summed E-state index contributed by atoms with van der Waals surface area (Å²) in [5.41, 5.74) is -0.534. The maximum Gasteiger partial charge on any atom is 0.488 e. The summed E-state index contributed by atoms with van der Waals surface area (Å²) < 4.78 is 19.9. The molecule has 10 heteroatoms. The Balaban J connectivity index is 1.48. The van der Waals surface area contributed by atoms with Crippen LogP contribution in [0.15, 0.2) is 18.2 Å². The number of likely N-dealkylation sites (tertiary alicyclic amines) is 1. The third-order valence-electron chi connectivity index (χ3n) is 6.89. The van der Waals surface area contributed by atoms with Crippen molar-refractivity contribution in [2.24, 2.45) is 11.3 Å². The summed E-state index contributed by atoms with van der Waals surface area (Å²) in [5.74, 6) is -1.07. The number of carbonyl (C=O) groups excluding carboxylic acids is 2. The standard InChI is InChI=1S/C22H27BFN3O5/c1-21(2,3)32-20(29)27-17-6-7-22(17)10-15(22)18(27)19(28)26-14(11-25)8-12-4-5-13(23(30)31)9-16(12)24/h4-5,9,14-15,17-18,30-31H,6-8,10H2,1-3H3,(H,26,28)/t14-,15-,17+,18-,22?/m0/s1. The minimum atomic E-state index is -1.80. The largest absolute Gasteiger partial charge is 0.488 e. The van der Waals surface area contributed by atoms with E-state index in [0.29, 0.717) is 0 Å². The van der Waals surface area contributed by atoms with Crippen LogP contribution >= 0.6 is 0 Å². The van der Waals surface area contributed by atoms with Crippen LogP contribution in [0.3, 0.4) is 0 Å². The first-order valence-corrected chi connectivity index (χ1v) is 10.8. The number of nitrogens with zero attached hydrogens (tertiary/aromatic N) is 2. The number of rotatable bonds is 5. The highest BCUT2D eigenvalue weighted by Gasteiger charge is 2.76. The van der Waals surface area contributed by atoms with Gasteiger partial charge in [-0.15, -0.1) is 0 Å². The Morgan fingerprint density at radius 3 is 2.69 bits per heavy atom. The Labute approximate surface area is 186 Å². The van der Waals surface area contributed by atoms with E-state index < -0.39 is 42.6 Å². The fraction of sp³-hybridized carbons (Fsp3) is 0.591. The number of hydrogen-bond acceptors (Lipinski definition) is 6. The molecule has 5 atom stereocenters. The van der Waals surface area contributed by atoms with Crippen molar-refractivity contribution in [1.82, 2.24) is 10.2 Å². The van der Waals surface area contributed by atoms with Gasteiger partial charge >= 0.3 is 13.2 Å². The maximum atomic E-state index is 14.3. The summed E-state index contributed by atoms with van der Waals surface area (Å²) in [6, 6.07) is 3.96. The lowest BCUT2D eigenvalue weighted by molar-refractivity contribution is -0.127. The predicted molar refractivity (Wildman–Crippen MR) is 113 cm³/mol. The summed E-state index contributed by atoms with van der Waals surface area (Å²) in [7, 11) is -1.80. The first-order valence-electron chi connectivity index (χ1n) is 10.8. The average Bonchev–Trinajstić information content (AvgIpc) is 3.39. The van der Waals surface area contributed by atoms with Crippen molar-refractivity contribution in [3.8, 4) is 6.07 Å². The molecule has 3 fully saturated rings. The van der Waals surface area contributed by atoms with Gasteiger partial charge in [0, 0.05) is 12.5 Å². The fourth-order valence-electron chi connectivity index (χ4n) is 5.26. The van der Waals surface area contributed by atoms with E-state index in [1.54, 1.807) is 25.7 Å². The zero-order valence-electron chi connectivity index (χ0n) is 18.3. The Morgan fingerprint density at radius 1 is 1.44 bits per heavy atom. The van der Waals surface area contributed by atoms with Gasteiger partial charge in [-0.05, 0) is 68.5 Å². The van der Waals surface area contributed by atoms with Crippen molar-refractivity contribution in [2.45, 2.75) is 70.2 Å². The molecule has 0 aromatic heterocycles. The molecule has 2 saturated carbocycles. The van der Waals surface area contributed by atoms with Crippen LogP contribution in [0, 0.1) is 28.5 Å². The van der Waals surface area contributed by atoms with Gasteiger partial charge in [0.15, 0.2) is 0 Å². The lowest BCUT2D eigenvalue weighted by Gasteiger charge is -2.42. The molecular formula is C22H27BFN3O5. The van der Waals surface area contributed by atoms with Crippen LogP contribution in [0.2, 0.25) is 0 Å². The zero-order valence-corrected chi connectivity index (χ0v) is 18.3. The number of piperidine rings is 1. The molecule has 4 rings (SSSR count). The number of ether oxygens (including phenoxy) is 1. The van der Waals surface area contributed by atoms with Gasteiger partial charge in [0.1, 0.15) is 23.5 Å². The van der Waals surface area contributed by atoms with Crippen LogP contribution in [0.4, 0.5) is 9.18 Å². The van der Waals surface area contributed by atoms with E-state index in [2.05, 4.69) is 5.32 Å². The van der Waals surface area contributed by atoms with Crippen LogP contribution in [0.1, 0.15) is 45.6 Å². The first kappa shape index (κ1) is 22.6. The number of amides is 2. The highest BCUT2D eigenvalue weighted by atomic mass is 19.1. The minimum absolute atomic E-state index is 0.00254. The fourth-order valence-corrected chi connectivity index (χ4v) is 5.26. The van der Waals surface area contributed by atoms with Gasteiger partial charge in [0.05, 0.1) is 6.07 Å². The second-order valence-corrected chi connectivity index (χ2v) is 10.0. The van der Waals surface area contributed by atoms with E-state index >= 15 is 0 Å². The molecule has 0 radical (unpaired) electrons. The third kappa shape index (κ3) is 3.84. The van der Waals surface area contributed by atoms with Crippen molar-refractivity contribution in [1.29, 1.82) is 5.26 Å². The van der Waals surface area contributed by atoms with E-state index in [-0.39, 0.29) is 34.8 Å². The molecule has 0 bridgehead atoms. The molecule has 3 N–H and O–H groups in total. The Bertz CT molecular complexity index is 991. The zero-order chi connectivity index (χ0) is 23.4. The number of carbonyl (C=O) groups is 2. The minimum Gasteiger partial charge on any atom is -0.444 e. The maximum absolute atomic E-state index is 14.3. The van der Waals surface area contributed by atoms with Crippen LogP contribution in [0.25, 0.3) is 0 Å². The smallest absolute Gasteiger partial charge is 0.444 e. The predicted octanol–water partition coefficient (Wildman–Crippen LogP) is 0.844. The Morgan fingerprint density at radius 2 is 2.16 bits per heavy atom. The van der Waals surface area contributed by atoms with Crippen molar-refractivity contribution in [2.75, 3.05) is 0 Å². The van der Waals surface area contributed by atoms with Crippen molar-refractivity contribution in [3.63, 3.8) is 0 Å². The van der Waals surface area contributed by atoms with Crippen LogP contribution in [-0.4, -0.2) is 57.8 Å². The Hall–Kier alpha value is -2.64. The second kappa shape index (κ2) is 7.75. The van der Waals surface area contributed by atoms with E-state index in [9.17, 15) is 19.2 Å². The molecule has 1 aromatic carbocycles. The lowest BCUT2D eigenvalue weighted by Crippen LogP contribution is -2.56. The first-order chi connectivity index (χ1) is 15.0. The van der Waals surface area contributed by atoms with Gasteiger partial charge in [-0.25, -0.2) is 9.18 Å². The monoisotopic (exact) mass is 443 g/mol. The summed E-state index contributed by atoms with van der Waals surface area (Å²) in [5, 5.41) is 30.6. The molecule has 2 aliphatic carbocycles. The van der Waals surface area contributed by atoms with Crippen LogP contribution < -0.4 is 10.8 Å².